The number of rotatable bonds is 10. The summed E-state index contributed by atoms with van der Waals surface area (Å²) in [4.78, 5) is 20.3. The van der Waals surface area contributed by atoms with Crippen LogP contribution in [0.15, 0.2) is 46.9 Å². The average Bonchev–Trinajstić information content (AvgIpc) is 3.57. The van der Waals surface area contributed by atoms with E-state index in [4.69, 9.17) is 15.5 Å². The quantitative estimate of drug-likeness (QED) is 0.308. The smallest absolute Gasteiger partial charge is 0.252 e. The zero-order valence-corrected chi connectivity index (χ0v) is 24.5. The molecule has 2 aromatic carbocycles. The molecule has 216 valence electrons. The number of carbonyl (C=O) groups is 1. The molecule has 1 saturated heterocycles. The van der Waals surface area contributed by atoms with Crippen LogP contribution in [0.4, 0.5) is 13.2 Å². The van der Waals surface area contributed by atoms with Gasteiger partial charge in [0.15, 0.2) is 11.6 Å². The van der Waals surface area contributed by atoms with Crippen molar-refractivity contribution in [3.8, 4) is 11.4 Å². The highest BCUT2D eigenvalue weighted by Crippen LogP contribution is 2.40. The molecule has 1 aliphatic heterocycles. The Hall–Kier alpha value is -2.76. The standard InChI is InChI=1S/C29H35BrF3N5O2/c1-29(2,3)25(37(12-11-21(34)16-31)28(39)24-8-5-13-40-24)27-35-26(22-15-20(32)9-10-23(22)33)36-38(27)17-18-6-4-7-19(30)14-18/h4,6-7,9-10,14-15,21,24-25H,5,8,11-13,16-17,34H2,1-3H3/t21-,24-,25-/m0/s1. The van der Waals surface area contributed by atoms with Gasteiger partial charge in [-0.3, -0.25) is 4.79 Å². The average molecular weight is 623 g/mol. The Morgan fingerprint density at radius 3 is 2.67 bits per heavy atom. The van der Waals surface area contributed by atoms with Gasteiger partial charge in [-0.15, -0.1) is 0 Å². The highest BCUT2D eigenvalue weighted by molar-refractivity contribution is 9.10. The first-order valence-electron chi connectivity index (χ1n) is 13.4. The fourth-order valence-corrected chi connectivity index (χ4v) is 5.41. The van der Waals surface area contributed by atoms with Gasteiger partial charge in [0.2, 0.25) is 0 Å². The molecule has 0 spiro atoms. The topological polar surface area (TPSA) is 86.3 Å². The van der Waals surface area contributed by atoms with E-state index in [-0.39, 0.29) is 36.8 Å². The Bertz CT molecular complexity index is 1320. The normalized spacial score (nSPS) is 17.1. The first kappa shape index (κ1) is 30.2. The van der Waals surface area contributed by atoms with E-state index >= 15 is 0 Å². The van der Waals surface area contributed by atoms with Crippen molar-refractivity contribution < 1.29 is 22.7 Å². The van der Waals surface area contributed by atoms with E-state index in [0.29, 0.717) is 18.9 Å². The zero-order valence-electron chi connectivity index (χ0n) is 22.9. The lowest BCUT2D eigenvalue weighted by Gasteiger charge is -2.41. The van der Waals surface area contributed by atoms with Crippen molar-refractivity contribution in [3.05, 3.63) is 70.0 Å². The Labute approximate surface area is 241 Å². The van der Waals surface area contributed by atoms with Crippen LogP contribution < -0.4 is 5.73 Å². The number of ether oxygens (including phenoxy) is 1. The molecule has 0 saturated carbocycles. The number of nitrogens with zero attached hydrogens (tertiary/aromatic N) is 4. The maximum Gasteiger partial charge on any atom is 0.252 e. The molecule has 0 radical (unpaired) electrons. The third-order valence-electron chi connectivity index (χ3n) is 6.89. The summed E-state index contributed by atoms with van der Waals surface area (Å²) in [5.41, 5.74) is 6.13. The van der Waals surface area contributed by atoms with E-state index < -0.39 is 41.9 Å². The number of aromatic nitrogens is 3. The molecule has 0 aliphatic carbocycles. The van der Waals surface area contributed by atoms with Gasteiger partial charge in [0, 0.05) is 23.7 Å². The summed E-state index contributed by atoms with van der Waals surface area (Å²) in [5.74, 6) is -1.13. The first-order chi connectivity index (χ1) is 19.0. The van der Waals surface area contributed by atoms with Crippen molar-refractivity contribution >= 4 is 21.8 Å². The minimum Gasteiger partial charge on any atom is -0.368 e. The largest absolute Gasteiger partial charge is 0.368 e. The lowest BCUT2D eigenvalue weighted by atomic mass is 9.84. The van der Waals surface area contributed by atoms with Gasteiger partial charge in [0.1, 0.15) is 24.4 Å². The second-order valence-corrected chi connectivity index (χ2v) is 12.1. The van der Waals surface area contributed by atoms with Crippen LogP contribution in [0.5, 0.6) is 0 Å². The maximum atomic E-state index is 14.9. The minimum atomic E-state index is -0.739. The van der Waals surface area contributed by atoms with E-state index in [1.807, 2.05) is 45.0 Å². The zero-order chi connectivity index (χ0) is 29.0. The molecule has 1 fully saturated rings. The van der Waals surface area contributed by atoms with E-state index in [0.717, 1.165) is 34.7 Å². The third-order valence-corrected chi connectivity index (χ3v) is 7.39. The molecule has 0 unspecified atom stereocenters. The molecule has 2 heterocycles. The van der Waals surface area contributed by atoms with Crippen LogP contribution in [0.25, 0.3) is 11.4 Å². The number of amides is 1. The summed E-state index contributed by atoms with van der Waals surface area (Å²) in [5, 5.41) is 4.62. The minimum absolute atomic E-state index is 0.00113. The Balaban J connectivity index is 1.87. The second kappa shape index (κ2) is 12.8. The van der Waals surface area contributed by atoms with Crippen molar-refractivity contribution in [1.29, 1.82) is 0 Å². The SMILES string of the molecule is CC(C)(C)[C@H](c1nc(-c2cc(F)ccc2F)nn1Cc1cccc(Br)c1)N(CC[C@H](N)CF)C(=O)[C@@H]1CCCO1. The van der Waals surface area contributed by atoms with Crippen molar-refractivity contribution in [3.63, 3.8) is 0 Å². The summed E-state index contributed by atoms with van der Waals surface area (Å²) < 4.78 is 50.6. The molecular weight excluding hydrogens is 587 g/mol. The summed E-state index contributed by atoms with van der Waals surface area (Å²) in [6, 6.07) is 9.34. The van der Waals surface area contributed by atoms with Crippen LogP contribution >= 0.6 is 15.9 Å². The molecule has 1 amide bonds. The van der Waals surface area contributed by atoms with Crippen LogP contribution in [0.1, 0.15) is 57.5 Å². The van der Waals surface area contributed by atoms with Crippen LogP contribution in [-0.4, -0.2) is 57.5 Å². The maximum absolute atomic E-state index is 14.9. The first-order valence-corrected chi connectivity index (χ1v) is 14.2. The van der Waals surface area contributed by atoms with Crippen LogP contribution in [0, 0.1) is 17.0 Å². The predicted octanol–water partition coefficient (Wildman–Crippen LogP) is 5.82. The molecule has 4 rings (SSSR count). The molecule has 1 aromatic heterocycles. The molecule has 0 bridgehead atoms. The summed E-state index contributed by atoms with van der Waals surface area (Å²) in [7, 11) is 0. The number of hydrogen-bond donors (Lipinski definition) is 1. The molecular formula is C29H35BrF3N5O2. The van der Waals surface area contributed by atoms with Gasteiger partial charge in [-0.2, -0.15) is 5.10 Å². The van der Waals surface area contributed by atoms with Gasteiger partial charge in [0.05, 0.1) is 18.2 Å². The predicted molar refractivity (Wildman–Crippen MR) is 150 cm³/mol. The number of carbonyl (C=O) groups excluding carboxylic acids is 1. The van der Waals surface area contributed by atoms with Gasteiger partial charge in [-0.25, -0.2) is 22.8 Å². The van der Waals surface area contributed by atoms with E-state index in [9.17, 15) is 18.0 Å². The van der Waals surface area contributed by atoms with Gasteiger partial charge in [-0.1, -0.05) is 48.8 Å². The lowest BCUT2D eigenvalue weighted by molar-refractivity contribution is -0.146. The molecule has 3 atom stereocenters. The van der Waals surface area contributed by atoms with Crippen LogP contribution in [0.3, 0.4) is 0 Å². The van der Waals surface area contributed by atoms with E-state index in [1.165, 1.54) is 0 Å². The van der Waals surface area contributed by atoms with Crippen LogP contribution in [-0.2, 0) is 16.1 Å². The Morgan fingerprint density at radius 1 is 1.25 bits per heavy atom. The summed E-state index contributed by atoms with van der Waals surface area (Å²) >= 11 is 3.49. The highest BCUT2D eigenvalue weighted by atomic mass is 79.9. The summed E-state index contributed by atoms with van der Waals surface area (Å²) in [6.07, 6.45) is 0.933. The molecule has 11 heteroatoms. The van der Waals surface area contributed by atoms with Crippen molar-refractivity contribution in [2.45, 2.75) is 64.8 Å². The summed E-state index contributed by atoms with van der Waals surface area (Å²) in [6.45, 7) is 6.08. The van der Waals surface area contributed by atoms with Gasteiger partial charge >= 0.3 is 0 Å². The lowest BCUT2D eigenvalue weighted by Crippen LogP contribution is -2.48. The van der Waals surface area contributed by atoms with Crippen LogP contribution in [0.2, 0.25) is 0 Å². The number of halogens is 4. The van der Waals surface area contributed by atoms with E-state index in [1.54, 1.807) is 9.58 Å². The monoisotopic (exact) mass is 621 g/mol. The molecule has 3 aromatic rings. The second-order valence-electron chi connectivity index (χ2n) is 11.2. The Kier molecular flexibility index (Phi) is 9.68. The van der Waals surface area contributed by atoms with E-state index in [2.05, 4.69) is 21.0 Å². The number of nitrogens with two attached hydrogens (primary N) is 1. The number of alkyl halides is 1. The van der Waals surface area contributed by atoms with Gasteiger partial charge < -0.3 is 15.4 Å². The Morgan fingerprint density at radius 2 is 2.02 bits per heavy atom. The number of hydrogen-bond acceptors (Lipinski definition) is 5. The fraction of sp³-hybridized carbons (Fsp3) is 0.483. The molecule has 40 heavy (non-hydrogen) atoms. The third kappa shape index (κ3) is 7.11. The fourth-order valence-electron chi connectivity index (χ4n) is 4.96. The van der Waals surface area contributed by atoms with Gasteiger partial charge in [0.25, 0.3) is 5.91 Å². The molecule has 1 aliphatic rings. The van der Waals surface area contributed by atoms with Crippen molar-refractivity contribution in [1.82, 2.24) is 19.7 Å². The van der Waals surface area contributed by atoms with Crippen molar-refractivity contribution in [2.75, 3.05) is 19.8 Å². The number of benzene rings is 2. The molecule has 2 N–H and O–H groups in total. The molecule has 7 nitrogen and oxygen atoms in total. The highest BCUT2D eigenvalue weighted by Gasteiger charge is 2.41. The van der Waals surface area contributed by atoms with Crippen molar-refractivity contribution in [2.24, 2.45) is 11.1 Å². The van der Waals surface area contributed by atoms with Gasteiger partial charge in [-0.05, 0) is 60.6 Å².